The van der Waals surface area contributed by atoms with Gasteiger partial charge in [0, 0.05) is 18.3 Å². The van der Waals surface area contributed by atoms with Crippen molar-refractivity contribution in [2.24, 2.45) is 0 Å². The molecule has 0 aromatic heterocycles. The summed E-state index contributed by atoms with van der Waals surface area (Å²) in [4.78, 5) is 0. The van der Waals surface area contributed by atoms with Crippen molar-refractivity contribution in [3.63, 3.8) is 0 Å². The van der Waals surface area contributed by atoms with Crippen LogP contribution in [-0.2, 0) is 0 Å². The number of hydrogen-bond donors (Lipinski definition) is 0. The Labute approximate surface area is 120 Å². The molecule has 2 unspecified atom stereocenters. The molecule has 0 amide bonds. The highest BCUT2D eigenvalue weighted by Gasteiger charge is 2.20. The molecule has 0 N–H and O–H groups in total. The number of hydrogen-bond acceptors (Lipinski definition) is 3. The number of rotatable bonds is 5. The molecule has 2 saturated heterocycles. The highest BCUT2D eigenvalue weighted by molar-refractivity contribution is 7.97. The van der Waals surface area contributed by atoms with Crippen molar-refractivity contribution in [1.82, 2.24) is 8.87 Å². The Morgan fingerprint density at radius 1 is 1.00 bits per heavy atom. The van der Waals surface area contributed by atoms with Crippen LogP contribution in [0, 0.1) is 0 Å². The van der Waals surface area contributed by atoms with Crippen LogP contribution in [0.3, 0.4) is 0 Å². The molecule has 2 atom stereocenters. The second-order valence-electron chi connectivity index (χ2n) is 6.05. The lowest BCUT2D eigenvalue weighted by Crippen LogP contribution is -2.40. The summed E-state index contributed by atoms with van der Waals surface area (Å²) < 4.78 is 5.49. The maximum Gasteiger partial charge on any atom is 0.0962 e. The van der Waals surface area contributed by atoms with Gasteiger partial charge in [0.1, 0.15) is 0 Å². The molecule has 2 rings (SSSR count). The topological polar surface area (TPSA) is 6.48 Å². The van der Waals surface area contributed by atoms with Gasteiger partial charge in [0.2, 0.25) is 0 Å². The predicted molar refractivity (Wildman–Crippen MR) is 85.8 cm³/mol. The van der Waals surface area contributed by atoms with E-state index in [4.69, 9.17) is 0 Å². The van der Waals surface area contributed by atoms with Crippen LogP contribution in [0.2, 0.25) is 6.04 Å². The quantitative estimate of drug-likeness (QED) is 0.436. The smallest absolute Gasteiger partial charge is 0.0962 e. The van der Waals surface area contributed by atoms with Gasteiger partial charge in [-0.05, 0) is 51.2 Å². The summed E-state index contributed by atoms with van der Waals surface area (Å²) in [7, 11) is 0.0405. The Morgan fingerprint density at radius 3 is 2.44 bits per heavy atom. The Kier molecular flexibility index (Phi) is 6.56. The van der Waals surface area contributed by atoms with Crippen LogP contribution in [0.15, 0.2) is 0 Å². The van der Waals surface area contributed by atoms with Crippen molar-refractivity contribution in [2.45, 2.75) is 70.5 Å². The van der Waals surface area contributed by atoms with Crippen LogP contribution in [-0.4, -0.2) is 49.5 Å². The zero-order valence-electron chi connectivity index (χ0n) is 12.2. The van der Waals surface area contributed by atoms with Crippen LogP contribution >= 0.6 is 11.9 Å². The van der Waals surface area contributed by atoms with Crippen molar-refractivity contribution < 1.29 is 0 Å². The van der Waals surface area contributed by atoms with Crippen LogP contribution in [0.5, 0.6) is 0 Å². The second-order valence-corrected chi connectivity index (χ2v) is 9.16. The molecule has 0 aromatic rings. The third-order valence-electron chi connectivity index (χ3n) is 4.53. The summed E-state index contributed by atoms with van der Waals surface area (Å²) in [5.74, 6) is 1.37. The minimum Gasteiger partial charge on any atom is -0.327 e. The molecule has 0 aliphatic carbocycles. The lowest BCUT2D eigenvalue weighted by atomic mass is 10.1. The van der Waals surface area contributed by atoms with Gasteiger partial charge in [0.05, 0.1) is 9.68 Å². The average molecular weight is 287 g/mol. The standard InChI is InChI=1S/C14H30N2SSi/c1-13-7-3-5-9-15(13)17-11-12-18-16-10-6-4-8-14(16)2/h13-14H,3-12,18H2,1-2H3. The summed E-state index contributed by atoms with van der Waals surface area (Å²) in [5, 5.41) is 0. The first-order valence-electron chi connectivity index (χ1n) is 7.91. The molecule has 0 spiro atoms. The van der Waals surface area contributed by atoms with Gasteiger partial charge in [0.15, 0.2) is 0 Å². The third-order valence-corrected chi connectivity index (χ3v) is 8.57. The fourth-order valence-electron chi connectivity index (χ4n) is 3.20. The van der Waals surface area contributed by atoms with Crippen molar-refractivity contribution in [2.75, 3.05) is 18.8 Å². The zero-order valence-corrected chi connectivity index (χ0v) is 14.5. The SMILES string of the molecule is CC1CCCCN1[SiH2]CCSN1CCCCC1C. The van der Waals surface area contributed by atoms with Crippen LogP contribution < -0.4 is 0 Å². The minimum absolute atomic E-state index is 0.0405. The van der Waals surface area contributed by atoms with Crippen molar-refractivity contribution in [3.8, 4) is 0 Å². The van der Waals surface area contributed by atoms with Crippen LogP contribution in [0.25, 0.3) is 0 Å². The second kappa shape index (κ2) is 7.93. The van der Waals surface area contributed by atoms with Gasteiger partial charge >= 0.3 is 0 Å². The normalized spacial score (nSPS) is 32.3. The Hall–Kier alpha value is 0.487. The van der Waals surface area contributed by atoms with Gasteiger partial charge < -0.3 is 4.57 Å². The van der Waals surface area contributed by atoms with Crippen molar-refractivity contribution in [1.29, 1.82) is 0 Å². The molecule has 4 heteroatoms. The molecular weight excluding hydrogens is 256 g/mol. The van der Waals surface area contributed by atoms with E-state index in [-0.39, 0.29) is 9.68 Å². The molecule has 2 nitrogen and oxygen atoms in total. The van der Waals surface area contributed by atoms with Gasteiger partial charge in [-0.1, -0.05) is 31.7 Å². The summed E-state index contributed by atoms with van der Waals surface area (Å²) in [6, 6.07) is 3.21. The first kappa shape index (κ1) is 14.9. The molecule has 18 heavy (non-hydrogen) atoms. The fourth-order valence-corrected chi connectivity index (χ4v) is 6.56. The van der Waals surface area contributed by atoms with Gasteiger partial charge in [-0.2, -0.15) is 0 Å². The summed E-state index contributed by atoms with van der Waals surface area (Å²) >= 11 is 2.14. The molecule has 106 valence electrons. The van der Waals surface area contributed by atoms with Crippen LogP contribution in [0.1, 0.15) is 52.4 Å². The Balaban J connectivity index is 1.57. The van der Waals surface area contributed by atoms with E-state index in [9.17, 15) is 0 Å². The van der Waals surface area contributed by atoms with E-state index in [1.165, 1.54) is 63.4 Å². The fraction of sp³-hybridized carbons (Fsp3) is 1.00. The number of piperidine rings is 2. The zero-order chi connectivity index (χ0) is 12.8. The van der Waals surface area contributed by atoms with E-state index >= 15 is 0 Å². The molecule has 0 bridgehead atoms. The monoisotopic (exact) mass is 286 g/mol. The molecule has 0 saturated carbocycles. The van der Waals surface area contributed by atoms with Gasteiger partial charge in [-0.25, -0.2) is 4.31 Å². The summed E-state index contributed by atoms with van der Waals surface area (Å²) in [5.41, 5.74) is 0. The maximum atomic E-state index is 2.84. The number of nitrogens with zero attached hydrogens (tertiary/aromatic N) is 2. The lowest BCUT2D eigenvalue weighted by Gasteiger charge is -2.34. The largest absolute Gasteiger partial charge is 0.327 e. The van der Waals surface area contributed by atoms with E-state index in [1.54, 1.807) is 0 Å². The van der Waals surface area contributed by atoms with Crippen LogP contribution in [0.4, 0.5) is 0 Å². The van der Waals surface area contributed by atoms with E-state index in [1.807, 2.05) is 0 Å². The molecule has 2 heterocycles. The third kappa shape index (κ3) is 4.55. The Morgan fingerprint density at radius 2 is 1.72 bits per heavy atom. The van der Waals surface area contributed by atoms with Crippen molar-refractivity contribution in [3.05, 3.63) is 0 Å². The predicted octanol–water partition coefficient (Wildman–Crippen LogP) is 2.89. The lowest BCUT2D eigenvalue weighted by molar-refractivity contribution is 0.274. The molecule has 2 aliphatic heterocycles. The summed E-state index contributed by atoms with van der Waals surface area (Å²) in [6.07, 6.45) is 8.63. The van der Waals surface area contributed by atoms with E-state index < -0.39 is 0 Å². The molecular formula is C14H30N2SSi. The van der Waals surface area contributed by atoms with Crippen molar-refractivity contribution >= 4 is 21.6 Å². The average Bonchev–Trinajstić information content (AvgIpc) is 2.38. The van der Waals surface area contributed by atoms with E-state index in [0.29, 0.717) is 0 Å². The highest BCUT2D eigenvalue weighted by Crippen LogP contribution is 2.24. The van der Waals surface area contributed by atoms with Gasteiger partial charge in [-0.15, -0.1) is 0 Å². The summed E-state index contributed by atoms with van der Waals surface area (Å²) in [6.45, 7) is 7.56. The Bertz CT molecular complexity index is 216. The minimum atomic E-state index is 0.0405. The molecule has 2 fully saturated rings. The van der Waals surface area contributed by atoms with E-state index in [0.717, 1.165) is 12.1 Å². The molecule has 0 aromatic carbocycles. The maximum absolute atomic E-state index is 2.84. The van der Waals surface area contributed by atoms with E-state index in [2.05, 4.69) is 34.7 Å². The molecule has 0 radical (unpaired) electrons. The molecule has 2 aliphatic rings. The highest BCUT2D eigenvalue weighted by atomic mass is 32.2. The van der Waals surface area contributed by atoms with Gasteiger partial charge in [0.25, 0.3) is 0 Å². The van der Waals surface area contributed by atoms with Gasteiger partial charge in [-0.3, -0.25) is 0 Å². The first-order valence-corrected chi connectivity index (χ1v) is 10.5. The first-order chi connectivity index (χ1) is 8.77.